The van der Waals surface area contributed by atoms with Crippen LogP contribution < -0.4 is 4.74 Å². The maximum absolute atomic E-state index is 13.4. The molecular weight excluding hydrogens is 330 g/mol. The van der Waals surface area contributed by atoms with Gasteiger partial charge in [-0.25, -0.2) is 4.68 Å². The van der Waals surface area contributed by atoms with Gasteiger partial charge in [0, 0.05) is 19.5 Å². The summed E-state index contributed by atoms with van der Waals surface area (Å²) in [6, 6.07) is 7.35. The molecule has 1 aromatic carbocycles. The third-order valence-electron chi connectivity index (χ3n) is 4.98. The highest BCUT2D eigenvalue weighted by Crippen LogP contribution is 2.26. The van der Waals surface area contributed by atoms with E-state index in [4.69, 9.17) is 4.74 Å². The number of aromatic nitrogens is 4. The topological polar surface area (TPSA) is 73.1 Å². The molecule has 3 rings (SSSR count). The molecule has 1 fully saturated rings. The molecule has 7 nitrogen and oxygen atoms in total. The first kappa shape index (κ1) is 18.4. The number of hydrogen-bond acceptors (Lipinski definition) is 5. The molecule has 7 heteroatoms. The largest absolute Gasteiger partial charge is 0.497 e. The molecule has 140 valence electrons. The summed E-state index contributed by atoms with van der Waals surface area (Å²) in [4.78, 5) is 15.4. The predicted octanol–water partition coefficient (Wildman–Crippen LogP) is 2.28. The molecule has 1 aliphatic heterocycles. The molecule has 0 bridgehead atoms. The van der Waals surface area contributed by atoms with Crippen LogP contribution in [0.5, 0.6) is 5.75 Å². The minimum absolute atomic E-state index is 0.0848. The molecule has 0 N–H and O–H groups in total. The molecule has 0 spiro atoms. The maximum atomic E-state index is 13.4. The van der Waals surface area contributed by atoms with E-state index in [1.165, 1.54) is 0 Å². The standard InChI is InChI=1S/C19H27N5O2/c1-13-8-14(2)12-23(11-13)19(25)18(24-15(3)20-21-22-24)10-16-6-5-7-17(9-16)26-4/h5-7,9,13-14,18H,8,10-12H2,1-4H3/t13-,14+,18-/m0/s1. The molecule has 3 atom stereocenters. The lowest BCUT2D eigenvalue weighted by Crippen LogP contribution is -2.46. The van der Waals surface area contributed by atoms with Crippen LogP contribution >= 0.6 is 0 Å². The van der Waals surface area contributed by atoms with Crippen LogP contribution in [0.3, 0.4) is 0 Å². The SMILES string of the molecule is COc1cccc(C[C@@H](C(=O)N2C[C@H](C)C[C@H](C)C2)n2nnnc2C)c1. The number of amides is 1. The summed E-state index contributed by atoms with van der Waals surface area (Å²) in [6.07, 6.45) is 1.69. The third kappa shape index (κ3) is 4.03. The van der Waals surface area contributed by atoms with E-state index in [0.717, 1.165) is 30.8 Å². The van der Waals surface area contributed by atoms with E-state index in [-0.39, 0.29) is 5.91 Å². The van der Waals surface area contributed by atoms with Crippen molar-refractivity contribution in [2.45, 2.75) is 39.7 Å². The number of carbonyl (C=O) groups is 1. The van der Waals surface area contributed by atoms with Gasteiger partial charge >= 0.3 is 0 Å². The molecule has 26 heavy (non-hydrogen) atoms. The lowest BCUT2D eigenvalue weighted by atomic mass is 9.91. The molecule has 2 heterocycles. The first-order valence-corrected chi connectivity index (χ1v) is 9.14. The van der Waals surface area contributed by atoms with E-state index in [1.807, 2.05) is 36.1 Å². The Morgan fingerprint density at radius 3 is 2.65 bits per heavy atom. The lowest BCUT2D eigenvalue weighted by molar-refractivity contribution is -0.138. The van der Waals surface area contributed by atoms with E-state index in [1.54, 1.807) is 11.8 Å². The van der Waals surface area contributed by atoms with Crippen molar-refractivity contribution in [2.75, 3.05) is 20.2 Å². The van der Waals surface area contributed by atoms with Crippen LogP contribution in [0.25, 0.3) is 0 Å². The summed E-state index contributed by atoms with van der Waals surface area (Å²) in [5, 5.41) is 11.8. The molecule has 1 amide bonds. The van der Waals surface area contributed by atoms with E-state index >= 15 is 0 Å². The molecule has 1 aliphatic rings. The summed E-state index contributed by atoms with van der Waals surface area (Å²) in [5.74, 6) is 2.53. The van der Waals surface area contributed by atoms with E-state index in [9.17, 15) is 4.79 Å². The van der Waals surface area contributed by atoms with Crippen LogP contribution in [0.1, 0.15) is 37.7 Å². The highest BCUT2D eigenvalue weighted by atomic mass is 16.5. The number of carbonyl (C=O) groups excluding carboxylic acids is 1. The molecule has 0 radical (unpaired) electrons. The quantitative estimate of drug-likeness (QED) is 0.821. The molecule has 0 saturated carbocycles. The van der Waals surface area contributed by atoms with Gasteiger partial charge in [-0.3, -0.25) is 4.79 Å². The number of likely N-dealkylation sites (tertiary alicyclic amines) is 1. The summed E-state index contributed by atoms with van der Waals surface area (Å²) in [6.45, 7) is 7.82. The minimum atomic E-state index is -0.449. The van der Waals surface area contributed by atoms with E-state index in [2.05, 4.69) is 29.4 Å². The fourth-order valence-corrected chi connectivity index (χ4v) is 3.88. The molecule has 0 aliphatic carbocycles. The maximum Gasteiger partial charge on any atom is 0.247 e. The molecule has 0 unspecified atom stereocenters. The number of nitrogens with zero attached hydrogens (tertiary/aromatic N) is 5. The van der Waals surface area contributed by atoms with E-state index in [0.29, 0.717) is 24.1 Å². The normalized spacial score (nSPS) is 21.5. The van der Waals surface area contributed by atoms with Gasteiger partial charge in [0.25, 0.3) is 0 Å². The highest BCUT2D eigenvalue weighted by molar-refractivity contribution is 5.81. The van der Waals surface area contributed by atoms with Gasteiger partial charge in [0.2, 0.25) is 5.91 Å². The number of aryl methyl sites for hydroxylation is 1. The smallest absolute Gasteiger partial charge is 0.247 e. The number of piperidine rings is 1. The molecule has 1 aromatic heterocycles. The van der Waals surface area contributed by atoms with Crippen molar-refractivity contribution in [3.05, 3.63) is 35.7 Å². The van der Waals surface area contributed by atoms with Gasteiger partial charge in [0.15, 0.2) is 0 Å². The van der Waals surface area contributed by atoms with Gasteiger partial charge in [-0.15, -0.1) is 5.10 Å². The minimum Gasteiger partial charge on any atom is -0.497 e. The van der Waals surface area contributed by atoms with Crippen LogP contribution in [0.15, 0.2) is 24.3 Å². The van der Waals surface area contributed by atoms with Crippen molar-refractivity contribution >= 4 is 5.91 Å². The Kier molecular flexibility index (Phi) is 5.54. The Labute approximate surface area is 154 Å². The monoisotopic (exact) mass is 357 g/mol. The first-order valence-electron chi connectivity index (χ1n) is 9.14. The molecule has 2 aromatic rings. The van der Waals surface area contributed by atoms with Gasteiger partial charge < -0.3 is 9.64 Å². The summed E-state index contributed by atoms with van der Waals surface area (Å²) < 4.78 is 6.96. The first-order chi connectivity index (χ1) is 12.5. The fraction of sp³-hybridized carbons (Fsp3) is 0.579. The van der Waals surface area contributed by atoms with Crippen molar-refractivity contribution in [1.82, 2.24) is 25.1 Å². The second-order valence-electron chi connectivity index (χ2n) is 7.43. The van der Waals surface area contributed by atoms with Crippen molar-refractivity contribution < 1.29 is 9.53 Å². The van der Waals surface area contributed by atoms with Gasteiger partial charge in [-0.05, 0) is 53.3 Å². The summed E-state index contributed by atoms with van der Waals surface area (Å²) in [7, 11) is 1.64. The summed E-state index contributed by atoms with van der Waals surface area (Å²) in [5.41, 5.74) is 1.02. The average Bonchev–Trinajstić information content (AvgIpc) is 3.04. The zero-order valence-corrected chi connectivity index (χ0v) is 15.9. The average molecular weight is 357 g/mol. The fourth-order valence-electron chi connectivity index (χ4n) is 3.88. The number of hydrogen-bond donors (Lipinski definition) is 0. The number of benzene rings is 1. The third-order valence-corrected chi connectivity index (χ3v) is 4.98. The van der Waals surface area contributed by atoms with Gasteiger partial charge in [0.05, 0.1) is 7.11 Å². The number of ether oxygens (including phenoxy) is 1. The Morgan fingerprint density at radius 2 is 2.04 bits per heavy atom. The Bertz CT molecular complexity index is 750. The van der Waals surface area contributed by atoms with Crippen molar-refractivity contribution in [3.8, 4) is 5.75 Å². The predicted molar refractivity (Wildman–Crippen MR) is 97.8 cm³/mol. The Hall–Kier alpha value is -2.44. The van der Waals surface area contributed by atoms with Crippen molar-refractivity contribution in [3.63, 3.8) is 0 Å². The summed E-state index contributed by atoms with van der Waals surface area (Å²) >= 11 is 0. The van der Waals surface area contributed by atoms with Gasteiger partial charge in [-0.2, -0.15) is 0 Å². The van der Waals surface area contributed by atoms with Crippen LogP contribution in [0, 0.1) is 18.8 Å². The van der Waals surface area contributed by atoms with Crippen LogP contribution in [0.4, 0.5) is 0 Å². The Balaban J connectivity index is 1.88. The van der Waals surface area contributed by atoms with Crippen LogP contribution in [0.2, 0.25) is 0 Å². The van der Waals surface area contributed by atoms with Gasteiger partial charge in [-0.1, -0.05) is 26.0 Å². The highest BCUT2D eigenvalue weighted by Gasteiger charge is 2.32. The zero-order valence-electron chi connectivity index (χ0n) is 15.9. The number of tetrazole rings is 1. The van der Waals surface area contributed by atoms with E-state index < -0.39 is 6.04 Å². The van der Waals surface area contributed by atoms with Crippen molar-refractivity contribution in [2.24, 2.45) is 11.8 Å². The Morgan fingerprint density at radius 1 is 1.31 bits per heavy atom. The van der Waals surface area contributed by atoms with Crippen LogP contribution in [-0.2, 0) is 11.2 Å². The molecular formula is C19H27N5O2. The van der Waals surface area contributed by atoms with Gasteiger partial charge in [0.1, 0.15) is 17.6 Å². The second kappa shape index (κ2) is 7.85. The van der Waals surface area contributed by atoms with Crippen LogP contribution in [-0.4, -0.2) is 51.2 Å². The molecule has 1 saturated heterocycles. The number of rotatable bonds is 5. The zero-order chi connectivity index (χ0) is 18.7. The van der Waals surface area contributed by atoms with Crippen molar-refractivity contribution in [1.29, 1.82) is 0 Å². The lowest BCUT2D eigenvalue weighted by Gasteiger charge is -2.37. The second-order valence-corrected chi connectivity index (χ2v) is 7.43. The number of methoxy groups -OCH3 is 1.